The average Bonchev–Trinajstić information content (AvgIpc) is 2.66. The molecular weight excluding hydrogens is 368 g/mol. The number of amides is 2. The predicted molar refractivity (Wildman–Crippen MR) is 114 cm³/mol. The summed E-state index contributed by atoms with van der Waals surface area (Å²) in [4.78, 5) is 24.6. The van der Waals surface area contributed by atoms with Gasteiger partial charge in [0, 0.05) is 23.7 Å². The van der Waals surface area contributed by atoms with Crippen molar-refractivity contribution in [3.8, 4) is 11.5 Å². The number of ether oxygens (including phenoxy) is 2. The van der Waals surface area contributed by atoms with Gasteiger partial charge in [-0.1, -0.05) is 0 Å². The zero-order valence-corrected chi connectivity index (χ0v) is 17.7. The minimum absolute atomic E-state index is 0.0808. The number of carbonyl (C=O) groups excluding carboxylic acids is 2. The van der Waals surface area contributed by atoms with Gasteiger partial charge in [-0.05, 0) is 83.1 Å². The molecule has 1 atom stereocenters. The highest BCUT2D eigenvalue weighted by Crippen LogP contribution is 2.15. The Morgan fingerprint density at radius 1 is 0.724 bits per heavy atom. The lowest BCUT2D eigenvalue weighted by Crippen LogP contribution is -2.41. The lowest BCUT2D eigenvalue weighted by atomic mass is 10.2. The van der Waals surface area contributed by atoms with Crippen LogP contribution in [0.3, 0.4) is 0 Å². The van der Waals surface area contributed by atoms with Crippen LogP contribution < -0.4 is 20.1 Å². The maximum absolute atomic E-state index is 12.4. The first-order chi connectivity index (χ1) is 13.7. The molecule has 1 unspecified atom stereocenters. The fourth-order valence-corrected chi connectivity index (χ4v) is 2.62. The van der Waals surface area contributed by atoms with Crippen molar-refractivity contribution < 1.29 is 19.1 Å². The van der Waals surface area contributed by atoms with Crippen LogP contribution in [0.4, 0.5) is 0 Å². The fourth-order valence-electron chi connectivity index (χ4n) is 2.62. The molecule has 0 fully saturated rings. The van der Waals surface area contributed by atoms with E-state index in [1.807, 2.05) is 34.6 Å². The quantitative estimate of drug-likeness (QED) is 0.673. The maximum Gasteiger partial charge on any atom is 0.251 e. The van der Waals surface area contributed by atoms with Crippen molar-refractivity contribution in [3.05, 3.63) is 59.7 Å². The third-order valence-electron chi connectivity index (χ3n) is 3.92. The van der Waals surface area contributed by atoms with Crippen LogP contribution in [0.25, 0.3) is 0 Å². The number of hydrogen-bond acceptors (Lipinski definition) is 4. The van der Waals surface area contributed by atoms with Crippen LogP contribution in [0.15, 0.2) is 48.5 Å². The molecule has 2 aromatic rings. The fraction of sp³-hybridized carbons (Fsp3) is 0.391. The van der Waals surface area contributed by atoms with Crippen LogP contribution in [-0.2, 0) is 0 Å². The van der Waals surface area contributed by atoms with Crippen LogP contribution >= 0.6 is 0 Å². The summed E-state index contributed by atoms with van der Waals surface area (Å²) in [6.45, 7) is 9.96. The summed E-state index contributed by atoms with van der Waals surface area (Å²) in [7, 11) is 0. The highest BCUT2D eigenvalue weighted by atomic mass is 16.5. The smallest absolute Gasteiger partial charge is 0.251 e. The second kappa shape index (κ2) is 10.5. The summed E-state index contributed by atoms with van der Waals surface area (Å²) in [5.74, 6) is 1.05. The van der Waals surface area contributed by atoms with E-state index in [2.05, 4.69) is 10.6 Å². The molecule has 0 spiro atoms. The largest absolute Gasteiger partial charge is 0.491 e. The van der Waals surface area contributed by atoms with Gasteiger partial charge in [-0.3, -0.25) is 9.59 Å². The Morgan fingerprint density at radius 3 is 1.55 bits per heavy atom. The SMILES string of the molecule is CC(CNC(=O)c1ccc(OC(C)C)cc1)NC(=O)c1ccc(OC(C)C)cc1. The van der Waals surface area contributed by atoms with Crippen molar-refractivity contribution in [2.45, 2.75) is 52.9 Å². The van der Waals surface area contributed by atoms with Gasteiger partial charge < -0.3 is 20.1 Å². The van der Waals surface area contributed by atoms with Gasteiger partial charge in [0.05, 0.1) is 12.2 Å². The lowest BCUT2D eigenvalue weighted by Gasteiger charge is -2.16. The normalized spacial score (nSPS) is 11.8. The highest BCUT2D eigenvalue weighted by molar-refractivity contribution is 5.95. The van der Waals surface area contributed by atoms with Crippen molar-refractivity contribution in [3.63, 3.8) is 0 Å². The van der Waals surface area contributed by atoms with Gasteiger partial charge in [0.2, 0.25) is 0 Å². The van der Waals surface area contributed by atoms with Crippen LogP contribution in [0.5, 0.6) is 11.5 Å². The van der Waals surface area contributed by atoms with Crippen LogP contribution in [-0.4, -0.2) is 36.6 Å². The zero-order chi connectivity index (χ0) is 21.4. The number of hydrogen-bond donors (Lipinski definition) is 2. The molecule has 6 nitrogen and oxygen atoms in total. The Hall–Kier alpha value is -3.02. The summed E-state index contributed by atoms with van der Waals surface area (Å²) < 4.78 is 11.1. The third-order valence-corrected chi connectivity index (χ3v) is 3.92. The highest BCUT2D eigenvalue weighted by Gasteiger charge is 2.12. The van der Waals surface area contributed by atoms with Crippen LogP contribution in [0.1, 0.15) is 55.3 Å². The Balaban J connectivity index is 1.81. The van der Waals surface area contributed by atoms with E-state index in [0.29, 0.717) is 17.7 Å². The summed E-state index contributed by atoms with van der Waals surface area (Å²) >= 11 is 0. The minimum Gasteiger partial charge on any atom is -0.491 e. The Bertz CT molecular complexity index is 799. The molecule has 2 N–H and O–H groups in total. The first kappa shape index (κ1) is 22.3. The van der Waals surface area contributed by atoms with Crippen LogP contribution in [0, 0.1) is 0 Å². The van der Waals surface area contributed by atoms with Gasteiger partial charge in [-0.2, -0.15) is 0 Å². The van der Waals surface area contributed by atoms with E-state index in [-0.39, 0.29) is 30.1 Å². The molecule has 29 heavy (non-hydrogen) atoms. The second-order valence-electron chi connectivity index (χ2n) is 7.47. The van der Waals surface area contributed by atoms with Crippen molar-refractivity contribution in [2.24, 2.45) is 0 Å². The van der Waals surface area contributed by atoms with Gasteiger partial charge in [0.15, 0.2) is 0 Å². The molecule has 0 aliphatic heterocycles. The van der Waals surface area contributed by atoms with Gasteiger partial charge >= 0.3 is 0 Å². The lowest BCUT2D eigenvalue weighted by molar-refractivity contribution is 0.0912. The molecular formula is C23H30N2O4. The first-order valence-corrected chi connectivity index (χ1v) is 9.87. The monoisotopic (exact) mass is 398 g/mol. The molecule has 6 heteroatoms. The van der Waals surface area contributed by atoms with Crippen molar-refractivity contribution in [1.82, 2.24) is 10.6 Å². The van der Waals surface area contributed by atoms with Crippen molar-refractivity contribution >= 4 is 11.8 Å². The Kier molecular flexibility index (Phi) is 8.07. The molecule has 0 saturated heterocycles. The number of rotatable bonds is 9. The minimum atomic E-state index is -0.221. The first-order valence-electron chi connectivity index (χ1n) is 9.87. The summed E-state index contributed by atoms with van der Waals surface area (Å²) in [6.07, 6.45) is 0.162. The van der Waals surface area contributed by atoms with E-state index in [4.69, 9.17) is 9.47 Å². The zero-order valence-electron chi connectivity index (χ0n) is 17.7. The summed E-state index contributed by atoms with van der Waals surface area (Å²) in [5.41, 5.74) is 1.08. The molecule has 0 bridgehead atoms. The maximum atomic E-state index is 12.4. The van der Waals surface area contributed by atoms with Crippen LogP contribution in [0.2, 0.25) is 0 Å². The number of nitrogens with one attached hydrogen (secondary N) is 2. The molecule has 0 radical (unpaired) electrons. The van der Waals surface area contributed by atoms with Gasteiger partial charge in [-0.25, -0.2) is 0 Å². The Morgan fingerprint density at radius 2 is 1.14 bits per heavy atom. The molecule has 2 rings (SSSR count). The average molecular weight is 399 g/mol. The van der Waals surface area contributed by atoms with Gasteiger partial charge in [-0.15, -0.1) is 0 Å². The van der Waals surface area contributed by atoms with Gasteiger partial charge in [0.1, 0.15) is 11.5 Å². The molecule has 2 aromatic carbocycles. The van der Waals surface area contributed by atoms with Crippen molar-refractivity contribution in [1.29, 1.82) is 0 Å². The standard InChI is InChI=1S/C23H30N2O4/c1-15(2)28-20-10-6-18(7-11-20)22(26)24-14-17(5)25-23(27)19-8-12-21(13-9-19)29-16(3)4/h6-13,15-17H,14H2,1-5H3,(H,24,26)(H,25,27). The molecule has 0 saturated carbocycles. The topological polar surface area (TPSA) is 76.7 Å². The van der Waals surface area contributed by atoms with E-state index in [1.54, 1.807) is 48.5 Å². The molecule has 0 aliphatic carbocycles. The van der Waals surface area contributed by atoms with Gasteiger partial charge in [0.25, 0.3) is 11.8 Å². The molecule has 0 aromatic heterocycles. The van der Waals surface area contributed by atoms with E-state index in [0.717, 1.165) is 11.5 Å². The predicted octanol–water partition coefficient (Wildman–Crippen LogP) is 3.81. The third kappa shape index (κ3) is 7.49. The van der Waals surface area contributed by atoms with E-state index in [9.17, 15) is 9.59 Å². The number of benzene rings is 2. The van der Waals surface area contributed by atoms with E-state index >= 15 is 0 Å². The second-order valence-corrected chi connectivity index (χ2v) is 7.47. The molecule has 0 aliphatic rings. The molecule has 2 amide bonds. The Labute approximate surface area is 172 Å². The van der Waals surface area contributed by atoms with Crippen molar-refractivity contribution in [2.75, 3.05) is 6.54 Å². The molecule has 0 heterocycles. The van der Waals surface area contributed by atoms with E-state index < -0.39 is 0 Å². The molecule has 156 valence electrons. The number of carbonyl (C=O) groups is 2. The summed E-state index contributed by atoms with van der Waals surface area (Å²) in [6, 6.07) is 13.7. The van der Waals surface area contributed by atoms with E-state index in [1.165, 1.54) is 0 Å². The summed E-state index contributed by atoms with van der Waals surface area (Å²) in [5, 5.41) is 5.71.